The molecular formula is C25H25IN4O4S2. The number of halogens is 1. The van der Waals surface area contributed by atoms with E-state index < -0.39 is 21.8 Å². The van der Waals surface area contributed by atoms with Crippen molar-refractivity contribution in [2.24, 2.45) is 5.92 Å². The molecule has 0 aliphatic rings. The van der Waals surface area contributed by atoms with Gasteiger partial charge in [-0.3, -0.25) is 15.4 Å². The molecule has 2 heterocycles. The number of fused-ring (bicyclic) bond motifs is 1. The van der Waals surface area contributed by atoms with Gasteiger partial charge in [-0.05, 0) is 89.9 Å². The molecule has 0 atom stereocenters. The number of nitrogens with zero attached hydrogens (tertiary/aromatic N) is 2. The highest BCUT2D eigenvalue weighted by Gasteiger charge is 2.18. The monoisotopic (exact) mass is 636 g/mol. The molecule has 0 aliphatic heterocycles. The van der Waals surface area contributed by atoms with Crippen LogP contribution in [0.3, 0.4) is 0 Å². The molecule has 36 heavy (non-hydrogen) atoms. The minimum Gasteiger partial charge on any atom is -0.324 e. The molecule has 0 bridgehead atoms. The Hall–Kier alpha value is -2.77. The molecule has 0 aliphatic carbocycles. The predicted octanol–water partition coefficient (Wildman–Crippen LogP) is 5.86. The Balaban J connectivity index is 1.44. The molecule has 0 radical (unpaired) electrons. The van der Waals surface area contributed by atoms with Gasteiger partial charge >= 0.3 is 6.03 Å². The van der Waals surface area contributed by atoms with Gasteiger partial charge in [0.15, 0.2) is 15.0 Å². The summed E-state index contributed by atoms with van der Waals surface area (Å²) in [6.45, 7) is 4.13. The van der Waals surface area contributed by atoms with Crippen LogP contribution in [0, 0.1) is 9.49 Å². The van der Waals surface area contributed by atoms with Crippen LogP contribution in [-0.4, -0.2) is 35.7 Å². The molecule has 3 amide bonds. The van der Waals surface area contributed by atoms with E-state index in [-0.39, 0.29) is 15.8 Å². The fourth-order valence-electron chi connectivity index (χ4n) is 3.60. The highest BCUT2D eigenvalue weighted by molar-refractivity contribution is 14.1. The normalized spacial score (nSPS) is 11.7. The van der Waals surface area contributed by atoms with Gasteiger partial charge in [0.05, 0.1) is 26.4 Å². The summed E-state index contributed by atoms with van der Waals surface area (Å²) in [6, 6.07) is 13.2. The minimum atomic E-state index is -3.40. The summed E-state index contributed by atoms with van der Waals surface area (Å²) >= 11 is 3.20. The number of anilines is 1. The van der Waals surface area contributed by atoms with Gasteiger partial charge in [-0.25, -0.2) is 18.2 Å². The lowest BCUT2D eigenvalue weighted by atomic mass is 10.1. The van der Waals surface area contributed by atoms with Crippen molar-refractivity contribution in [1.29, 1.82) is 0 Å². The van der Waals surface area contributed by atoms with Crippen molar-refractivity contribution >= 4 is 71.1 Å². The van der Waals surface area contributed by atoms with E-state index in [2.05, 4.69) is 29.5 Å². The van der Waals surface area contributed by atoms with E-state index >= 15 is 0 Å². The zero-order valence-corrected chi connectivity index (χ0v) is 23.5. The summed E-state index contributed by atoms with van der Waals surface area (Å²) in [5, 5.41) is 5.18. The average Bonchev–Trinajstić information content (AvgIpc) is 3.48. The van der Waals surface area contributed by atoms with Gasteiger partial charge in [0.2, 0.25) is 0 Å². The van der Waals surface area contributed by atoms with E-state index in [0.717, 1.165) is 23.4 Å². The van der Waals surface area contributed by atoms with Crippen molar-refractivity contribution in [2.45, 2.75) is 31.6 Å². The molecule has 188 valence electrons. The Morgan fingerprint density at radius 1 is 1.11 bits per heavy atom. The second-order valence-corrected chi connectivity index (χ2v) is 13.0. The number of hydrogen-bond acceptors (Lipinski definition) is 6. The van der Waals surface area contributed by atoms with Gasteiger partial charge in [0.1, 0.15) is 0 Å². The number of amides is 3. The summed E-state index contributed by atoms with van der Waals surface area (Å²) in [4.78, 5) is 29.9. The molecule has 4 aromatic rings. The van der Waals surface area contributed by atoms with Crippen LogP contribution in [0.25, 0.3) is 15.9 Å². The van der Waals surface area contributed by atoms with Gasteiger partial charge in [-0.1, -0.05) is 25.2 Å². The number of benzene rings is 2. The first-order valence-corrected chi connectivity index (χ1v) is 14.9. The second kappa shape index (κ2) is 11.1. The third-order valence-corrected chi connectivity index (χ3v) is 9.13. The second-order valence-electron chi connectivity index (χ2n) is 8.67. The zero-order valence-electron chi connectivity index (χ0n) is 19.7. The molecule has 2 aromatic heterocycles. The van der Waals surface area contributed by atoms with E-state index in [4.69, 9.17) is 0 Å². The molecule has 0 saturated heterocycles. The predicted molar refractivity (Wildman–Crippen MR) is 151 cm³/mol. The summed E-state index contributed by atoms with van der Waals surface area (Å²) in [5.41, 5.74) is 1.73. The molecule has 0 fully saturated rings. The Morgan fingerprint density at radius 2 is 1.86 bits per heavy atom. The number of nitrogens with one attached hydrogen (secondary N) is 2. The average molecular weight is 637 g/mol. The SMILES string of the molecule is CC(C)CCCS(=O)(=O)c1ccc2nc(NC(=O)NC(=O)c3cc(-n4cccc4)ccc3I)sc2c1. The van der Waals surface area contributed by atoms with Crippen LogP contribution in [0.15, 0.2) is 65.8 Å². The van der Waals surface area contributed by atoms with Crippen LogP contribution in [0.4, 0.5) is 9.93 Å². The van der Waals surface area contributed by atoms with Crippen LogP contribution in [0.1, 0.15) is 37.0 Å². The van der Waals surface area contributed by atoms with Crippen molar-refractivity contribution < 1.29 is 18.0 Å². The van der Waals surface area contributed by atoms with E-state index in [0.29, 0.717) is 31.7 Å². The molecule has 8 nitrogen and oxygen atoms in total. The van der Waals surface area contributed by atoms with Gasteiger partial charge < -0.3 is 4.57 Å². The van der Waals surface area contributed by atoms with Gasteiger partial charge in [-0.2, -0.15) is 0 Å². The zero-order chi connectivity index (χ0) is 25.9. The third-order valence-electron chi connectivity index (χ3n) is 5.46. The number of sulfone groups is 1. The summed E-state index contributed by atoms with van der Waals surface area (Å²) < 4.78 is 28.6. The summed E-state index contributed by atoms with van der Waals surface area (Å²) in [6.07, 6.45) is 5.19. The number of carbonyl (C=O) groups excluding carboxylic acids is 2. The lowest BCUT2D eigenvalue weighted by Gasteiger charge is -2.09. The van der Waals surface area contributed by atoms with E-state index in [1.54, 1.807) is 24.3 Å². The maximum Gasteiger partial charge on any atom is 0.327 e. The van der Waals surface area contributed by atoms with Crippen LogP contribution in [0.2, 0.25) is 0 Å². The quantitative estimate of drug-likeness (QED) is 0.236. The van der Waals surface area contributed by atoms with Crippen LogP contribution < -0.4 is 10.6 Å². The highest BCUT2D eigenvalue weighted by Crippen LogP contribution is 2.29. The first-order valence-electron chi connectivity index (χ1n) is 11.3. The van der Waals surface area contributed by atoms with Crippen molar-refractivity contribution in [3.05, 3.63) is 70.1 Å². The maximum atomic E-state index is 12.8. The van der Waals surface area contributed by atoms with Crippen molar-refractivity contribution in [2.75, 3.05) is 11.1 Å². The van der Waals surface area contributed by atoms with Gasteiger partial charge in [0.25, 0.3) is 5.91 Å². The smallest absolute Gasteiger partial charge is 0.324 e. The highest BCUT2D eigenvalue weighted by atomic mass is 127. The van der Waals surface area contributed by atoms with Crippen molar-refractivity contribution in [1.82, 2.24) is 14.9 Å². The standard InChI is InChI=1S/C25H25IN4O4S2/c1-16(2)6-5-13-36(33,34)18-8-10-21-22(15-18)35-25(27-21)29-24(32)28-23(31)19-14-17(7-9-20(19)26)30-11-3-4-12-30/h3-4,7-12,14-16H,5-6,13H2,1-2H3,(H2,27,28,29,31,32). The third kappa shape index (κ3) is 6.31. The minimum absolute atomic E-state index is 0.0927. The Labute approximate surface area is 227 Å². The fourth-order valence-corrected chi connectivity index (χ4v) is 6.52. The number of carbonyl (C=O) groups is 2. The van der Waals surface area contributed by atoms with Gasteiger partial charge in [-0.15, -0.1) is 0 Å². The number of hydrogen-bond donors (Lipinski definition) is 2. The summed E-state index contributed by atoms with van der Waals surface area (Å²) in [7, 11) is -3.40. The molecule has 0 spiro atoms. The van der Waals surface area contributed by atoms with Gasteiger partial charge in [0, 0.05) is 21.7 Å². The first kappa shape index (κ1) is 26.3. The van der Waals surface area contributed by atoms with Crippen LogP contribution in [-0.2, 0) is 9.84 Å². The number of aromatic nitrogens is 2. The topological polar surface area (TPSA) is 110 Å². The largest absolute Gasteiger partial charge is 0.327 e. The van der Waals surface area contributed by atoms with E-state index in [1.807, 2.05) is 63.8 Å². The lowest BCUT2D eigenvalue weighted by molar-refractivity contribution is 0.0966. The fraction of sp³-hybridized carbons (Fsp3) is 0.240. The molecule has 2 N–H and O–H groups in total. The molecule has 0 saturated carbocycles. The molecule has 4 rings (SSSR count). The van der Waals surface area contributed by atoms with E-state index in [1.165, 1.54) is 0 Å². The Kier molecular flexibility index (Phi) is 8.10. The lowest BCUT2D eigenvalue weighted by Crippen LogP contribution is -2.34. The van der Waals surface area contributed by atoms with E-state index in [9.17, 15) is 18.0 Å². The van der Waals surface area contributed by atoms with Crippen LogP contribution >= 0.6 is 33.9 Å². The molecular weight excluding hydrogens is 611 g/mol. The maximum absolute atomic E-state index is 12.8. The van der Waals surface area contributed by atoms with Crippen molar-refractivity contribution in [3.8, 4) is 5.69 Å². The molecule has 0 unspecified atom stereocenters. The first-order chi connectivity index (χ1) is 17.1. The molecule has 11 heteroatoms. The Bertz CT molecular complexity index is 1510. The number of thiazole rings is 1. The molecule has 2 aromatic carbocycles. The van der Waals surface area contributed by atoms with Crippen LogP contribution in [0.5, 0.6) is 0 Å². The Morgan fingerprint density at radius 3 is 2.58 bits per heavy atom. The number of imide groups is 1. The summed E-state index contributed by atoms with van der Waals surface area (Å²) in [5.74, 6) is -0.000419. The number of urea groups is 1. The number of rotatable bonds is 8. The van der Waals surface area contributed by atoms with Crippen molar-refractivity contribution in [3.63, 3.8) is 0 Å².